The summed E-state index contributed by atoms with van der Waals surface area (Å²) < 4.78 is 0. The molecule has 0 atom stereocenters. The first-order valence-electron chi connectivity index (χ1n) is 5.84. The first-order valence-corrected chi connectivity index (χ1v) is 5.84. The molecule has 0 aromatic heterocycles. The lowest BCUT2D eigenvalue weighted by molar-refractivity contribution is -0.385. The zero-order chi connectivity index (χ0) is 13.1. The first-order chi connectivity index (χ1) is 8.59. The van der Waals surface area contributed by atoms with Gasteiger partial charge in [-0.05, 0) is 12.8 Å². The number of para-hydroxylation sites is 1. The highest BCUT2D eigenvalue weighted by molar-refractivity contribution is 14.0. The van der Waals surface area contributed by atoms with Crippen LogP contribution in [0.25, 0.3) is 0 Å². The van der Waals surface area contributed by atoms with E-state index in [4.69, 9.17) is 5.73 Å². The van der Waals surface area contributed by atoms with Crippen LogP contribution in [-0.4, -0.2) is 28.9 Å². The predicted molar refractivity (Wildman–Crippen MR) is 84.6 cm³/mol. The molecule has 1 aliphatic carbocycles. The third-order valence-electron chi connectivity index (χ3n) is 3.06. The van der Waals surface area contributed by atoms with Crippen molar-refractivity contribution in [3.8, 4) is 0 Å². The van der Waals surface area contributed by atoms with Crippen LogP contribution >= 0.6 is 24.0 Å². The number of nitro groups is 1. The van der Waals surface area contributed by atoms with Crippen LogP contribution in [-0.2, 0) is 6.54 Å². The van der Waals surface area contributed by atoms with Gasteiger partial charge in [0, 0.05) is 19.2 Å². The van der Waals surface area contributed by atoms with Crippen LogP contribution < -0.4 is 5.73 Å². The van der Waals surface area contributed by atoms with Gasteiger partial charge < -0.3 is 10.6 Å². The van der Waals surface area contributed by atoms with Gasteiger partial charge in [-0.3, -0.25) is 10.1 Å². The van der Waals surface area contributed by atoms with Crippen molar-refractivity contribution in [3.63, 3.8) is 0 Å². The van der Waals surface area contributed by atoms with Crippen molar-refractivity contribution >= 4 is 35.6 Å². The maximum atomic E-state index is 10.8. The Balaban J connectivity index is 0.00000180. The van der Waals surface area contributed by atoms with Gasteiger partial charge in [-0.15, -0.1) is 24.0 Å². The normalized spacial score (nSPS) is 14.7. The second-order valence-electron chi connectivity index (χ2n) is 4.40. The van der Waals surface area contributed by atoms with E-state index in [1.807, 2.05) is 11.9 Å². The zero-order valence-corrected chi connectivity index (χ0v) is 13.0. The number of benzene rings is 1. The minimum Gasteiger partial charge on any atom is -0.370 e. The fourth-order valence-corrected chi connectivity index (χ4v) is 1.75. The third-order valence-corrected chi connectivity index (χ3v) is 3.06. The molecule has 0 saturated heterocycles. The maximum Gasteiger partial charge on any atom is 0.274 e. The molecule has 7 heteroatoms. The Kier molecular flexibility index (Phi) is 5.52. The Labute approximate surface area is 128 Å². The fraction of sp³-hybridized carbons (Fsp3) is 0.417. The highest BCUT2D eigenvalue weighted by atomic mass is 127. The molecule has 1 aromatic rings. The highest BCUT2D eigenvalue weighted by Gasteiger charge is 2.27. The van der Waals surface area contributed by atoms with E-state index in [1.54, 1.807) is 18.2 Å². The van der Waals surface area contributed by atoms with Gasteiger partial charge in [-0.1, -0.05) is 18.2 Å². The average molecular weight is 376 g/mol. The monoisotopic (exact) mass is 376 g/mol. The van der Waals surface area contributed by atoms with Gasteiger partial charge in [-0.25, -0.2) is 4.99 Å². The standard InChI is InChI=1S/C12H16N4O2.HI/c1-15(10-6-7-10)12(13)14-8-9-4-2-3-5-11(9)16(17)18;/h2-5,10H,6-8H2,1H3,(H2,13,14);1H. The zero-order valence-electron chi connectivity index (χ0n) is 10.7. The maximum absolute atomic E-state index is 10.8. The quantitative estimate of drug-likeness (QED) is 0.287. The molecule has 1 aliphatic rings. The summed E-state index contributed by atoms with van der Waals surface area (Å²) in [7, 11) is 1.90. The molecule has 2 rings (SSSR count). The van der Waals surface area contributed by atoms with Crippen LogP contribution in [0, 0.1) is 10.1 Å². The molecule has 0 aliphatic heterocycles. The molecular weight excluding hydrogens is 359 g/mol. The van der Waals surface area contributed by atoms with Gasteiger partial charge in [0.25, 0.3) is 5.69 Å². The Bertz CT molecular complexity index is 488. The van der Waals surface area contributed by atoms with Gasteiger partial charge in [0.2, 0.25) is 0 Å². The van der Waals surface area contributed by atoms with Crippen LogP contribution in [0.3, 0.4) is 0 Å². The lowest BCUT2D eigenvalue weighted by Gasteiger charge is -2.16. The van der Waals surface area contributed by atoms with Crippen LogP contribution in [0.5, 0.6) is 0 Å². The van der Waals surface area contributed by atoms with Crippen molar-refractivity contribution < 1.29 is 4.92 Å². The topological polar surface area (TPSA) is 84.8 Å². The van der Waals surface area contributed by atoms with Gasteiger partial charge in [0.15, 0.2) is 5.96 Å². The molecule has 2 N–H and O–H groups in total. The molecular formula is C12H17IN4O2. The van der Waals surface area contributed by atoms with Crippen molar-refractivity contribution in [2.45, 2.75) is 25.4 Å². The van der Waals surface area contributed by atoms with Crippen LogP contribution in [0.15, 0.2) is 29.3 Å². The second kappa shape index (κ2) is 6.69. The lowest BCUT2D eigenvalue weighted by Crippen LogP contribution is -2.35. The minimum absolute atomic E-state index is 0. The second-order valence-corrected chi connectivity index (χ2v) is 4.40. The van der Waals surface area contributed by atoms with E-state index in [0.717, 1.165) is 12.8 Å². The SMILES string of the molecule is CN(C(N)=NCc1ccccc1[N+](=O)[O-])C1CC1.I. The molecule has 1 aromatic carbocycles. The summed E-state index contributed by atoms with van der Waals surface area (Å²) in [6, 6.07) is 7.07. The Hall–Kier alpha value is -1.38. The number of nitro benzene ring substituents is 1. The summed E-state index contributed by atoms with van der Waals surface area (Å²) in [6.07, 6.45) is 2.27. The first kappa shape index (κ1) is 15.7. The Morgan fingerprint density at radius 3 is 2.74 bits per heavy atom. The van der Waals surface area contributed by atoms with E-state index in [1.165, 1.54) is 6.07 Å². The van der Waals surface area contributed by atoms with Gasteiger partial charge in [-0.2, -0.15) is 0 Å². The van der Waals surface area contributed by atoms with E-state index in [9.17, 15) is 10.1 Å². The number of nitrogens with two attached hydrogens (primary N) is 1. The van der Waals surface area contributed by atoms with Crippen molar-refractivity contribution in [2.75, 3.05) is 7.05 Å². The van der Waals surface area contributed by atoms with Gasteiger partial charge >= 0.3 is 0 Å². The lowest BCUT2D eigenvalue weighted by atomic mass is 10.2. The largest absolute Gasteiger partial charge is 0.370 e. The molecule has 6 nitrogen and oxygen atoms in total. The average Bonchev–Trinajstić information content (AvgIpc) is 3.19. The van der Waals surface area contributed by atoms with Gasteiger partial charge in [0.05, 0.1) is 17.0 Å². The molecule has 0 heterocycles. The molecule has 1 fully saturated rings. The summed E-state index contributed by atoms with van der Waals surface area (Å²) in [5.74, 6) is 0.440. The van der Waals surface area contributed by atoms with E-state index >= 15 is 0 Å². The van der Waals surface area contributed by atoms with Gasteiger partial charge in [0.1, 0.15) is 0 Å². The summed E-state index contributed by atoms with van der Waals surface area (Å²) in [5.41, 5.74) is 6.50. The Morgan fingerprint density at radius 2 is 2.16 bits per heavy atom. The van der Waals surface area contributed by atoms with E-state index < -0.39 is 4.92 Å². The van der Waals surface area contributed by atoms with E-state index in [2.05, 4.69) is 4.99 Å². The number of halogens is 1. The number of hydrogen-bond acceptors (Lipinski definition) is 3. The molecule has 19 heavy (non-hydrogen) atoms. The molecule has 0 radical (unpaired) electrons. The van der Waals surface area contributed by atoms with E-state index in [-0.39, 0.29) is 36.2 Å². The smallest absolute Gasteiger partial charge is 0.274 e. The predicted octanol–water partition coefficient (Wildman–Crippen LogP) is 2.12. The summed E-state index contributed by atoms with van der Waals surface area (Å²) in [6.45, 7) is 0.236. The number of nitrogens with zero attached hydrogens (tertiary/aromatic N) is 3. The fourth-order valence-electron chi connectivity index (χ4n) is 1.75. The molecule has 0 bridgehead atoms. The minimum atomic E-state index is -0.397. The number of hydrogen-bond donors (Lipinski definition) is 1. The molecule has 1 saturated carbocycles. The molecule has 0 spiro atoms. The molecule has 0 unspecified atom stereocenters. The highest BCUT2D eigenvalue weighted by Crippen LogP contribution is 2.25. The van der Waals surface area contributed by atoms with Crippen molar-refractivity contribution in [3.05, 3.63) is 39.9 Å². The summed E-state index contributed by atoms with van der Waals surface area (Å²) in [4.78, 5) is 16.6. The van der Waals surface area contributed by atoms with Crippen LogP contribution in [0.2, 0.25) is 0 Å². The van der Waals surface area contributed by atoms with Crippen molar-refractivity contribution in [1.82, 2.24) is 4.90 Å². The van der Waals surface area contributed by atoms with Crippen molar-refractivity contribution in [2.24, 2.45) is 10.7 Å². The van der Waals surface area contributed by atoms with Crippen molar-refractivity contribution in [1.29, 1.82) is 0 Å². The Morgan fingerprint density at radius 1 is 1.53 bits per heavy atom. The summed E-state index contributed by atoms with van der Waals surface area (Å²) in [5, 5.41) is 10.8. The summed E-state index contributed by atoms with van der Waals surface area (Å²) >= 11 is 0. The third kappa shape index (κ3) is 4.05. The number of rotatable bonds is 4. The number of guanidine groups is 1. The van der Waals surface area contributed by atoms with Crippen LogP contribution in [0.1, 0.15) is 18.4 Å². The number of aliphatic imine (C=N–C) groups is 1. The van der Waals surface area contributed by atoms with E-state index in [0.29, 0.717) is 17.6 Å². The molecule has 104 valence electrons. The van der Waals surface area contributed by atoms with Crippen LogP contribution in [0.4, 0.5) is 5.69 Å². The molecule has 0 amide bonds.